The summed E-state index contributed by atoms with van der Waals surface area (Å²) in [6, 6.07) is 21.7. The zero-order valence-corrected chi connectivity index (χ0v) is 19.2. The van der Waals surface area contributed by atoms with Crippen molar-refractivity contribution >= 4 is 29.1 Å². The molecule has 3 aromatic carbocycles. The summed E-state index contributed by atoms with van der Waals surface area (Å²) in [7, 11) is 0. The van der Waals surface area contributed by atoms with Crippen molar-refractivity contribution in [2.24, 2.45) is 0 Å². The van der Waals surface area contributed by atoms with Crippen LogP contribution in [0.2, 0.25) is 5.02 Å². The lowest BCUT2D eigenvalue weighted by Crippen LogP contribution is -2.26. The number of carbonyl (C=O) groups is 2. The average molecular weight is 450 g/mol. The predicted molar refractivity (Wildman–Crippen MR) is 130 cm³/mol. The van der Waals surface area contributed by atoms with Gasteiger partial charge in [0.2, 0.25) is 0 Å². The van der Waals surface area contributed by atoms with E-state index < -0.39 is 0 Å². The van der Waals surface area contributed by atoms with Gasteiger partial charge in [-0.3, -0.25) is 14.5 Å². The molecule has 3 rings (SSSR count). The zero-order chi connectivity index (χ0) is 22.9. The van der Waals surface area contributed by atoms with E-state index in [1.165, 1.54) is 5.56 Å². The number of hydrogen-bond donors (Lipinski definition) is 2. The predicted octanol–water partition coefficient (Wildman–Crippen LogP) is 5.36. The normalized spacial score (nSPS) is 10.8. The maximum absolute atomic E-state index is 12.8. The van der Waals surface area contributed by atoms with Gasteiger partial charge >= 0.3 is 0 Å². The number of amides is 2. The van der Waals surface area contributed by atoms with Gasteiger partial charge in [-0.15, -0.1) is 0 Å². The number of nitrogens with zero attached hydrogens (tertiary/aromatic N) is 1. The third kappa shape index (κ3) is 6.42. The number of anilines is 1. The van der Waals surface area contributed by atoms with Crippen LogP contribution in [0.1, 0.15) is 45.7 Å². The minimum atomic E-state index is -0.260. The van der Waals surface area contributed by atoms with Crippen LogP contribution in [0.5, 0.6) is 0 Å². The Bertz CT molecular complexity index is 1060. The second-order valence-electron chi connectivity index (χ2n) is 7.45. The third-order valence-electron chi connectivity index (χ3n) is 5.34. The van der Waals surface area contributed by atoms with Crippen molar-refractivity contribution in [3.63, 3.8) is 0 Å². The van der Waals surface area contributed by atoms with Crippen LogP contribution in [-0.4, -0.2) is 29.8 Å². The van der Waals surface area contributed by atoms with Crippen LogP contribution in [0.4, 0.5) is 5.69 Å². The minimum absolute atomic E-state index is 0.190. The van der Waals surface area contributed by atoms with Crippen LogP contribution in [0, 0.1) is 0 Å². The molecule has 0 aliphatic heterocycles. The molecule has 0 saturated carbocycles. The van der Waals surface area contributed by atoms with E-state index in [0.717, 1.165) is 25.2 Å². The van der Waals surface area contributed by atoms with E-state index in [-0.39, 0.29) is 11.8 Å². The van der Waals surface area contributed by atoms with Gasteiger partial charge in [-0.2, -0.15) is 0 Å². The minimum Gasteiger partial charge on any atom is -0.348 e. The molecule has 0 spiro atoms. The first-order valence-corrected chi connectivity index (χ1v) is 11.1. The first-order chi connectivity index (χ1) is 15.5. The van der Waals surface area contributed by atoms with E-state index in [1.807, 2.05) is 18.2 Å². The Balaban J connectivity index is 1.64. The maximum atomic E-state index is 12.8. The Hall–Kier alpha value is -3.15. The highest BCUT2D eigenvalue weighted by Crippen LogP contribution is 2.16. The van der Waals surface area contributed by atoms with Crippen molar-refractivity contribution < 1.29 is 9.59 Å². The van der Waals surface area contributed by atoms with Gasteiger partial charge < -0.3 is 10.6 Å². The molecule has 0 bridgehead atoms. The Morgan fingerprint density at radius 1 is 0.812 bits per heavy atom. The summed E-state index contributed by atoms with van der Waals surface area (Å²) >= 11 is 5.88. The summed E-state index contributed by atoms with van der Waals surface area (Å²) in [5.74, 6) is -0.449. The number of rotatable bonds is 9. The molecule has 0 radical (unpaired) electrons. The number of hydrogen-bond acceptors (Lipinski definition) is 3. The summed E-state index contributed by atoms with van der Waals surface area (Å²) in [5.41, 5.74) is 3.84. The van der Waals surface area contributed by atoms with Gasteiger partial charge in [0.05, 0.1) is 0 Å². The molecule has 0 heterocycles. The number of nitrogens with one attached hydrogen (secondary N) is 2. The van der Waals surface area contributed by atoms with E-state index >= 15 is 0 Å². The molecule has 0 aliphatic rings. The average Bonchev–Trinajstić information content (AvgIpc) is 2.82. The molecule has 0 aromatic heterocycles. The molecule has 2 N–H and O–H groups in total. The van der Waals surface area contributed by atoms with Crippen molar-refractivity contribution in [3.05, 3.63) is 100 Å². The number of carbonyl (C=O) groups excluding carboxylic acids is 2. The molecule has 3 aromatic rings. The summed E-state index contributed by atoms with van der Waals surface area (Å²) in [5, 5.41) is 6.39. The van der Waals surface area contributed by atoms with Crippen LogP contribution >= 0.6 is 11.6 Å². The fraction of sp³-hybridized carbons (Fsp3) is 0.231. The molecule has 6 heteroatoms. The molecular formula is C26H28ClN3O2. The first kappa shape index (κ1) is 23.5. The van der Waals surface area contributed by atoms with Crippen LogP contribution < -0.4 is 10.6 Å². The lowest BCUT2D eigenvalue weighted by molar-refractivity contribution is 0.0949. The molecule has 0 fully saturated rings. The van der Waals surface area contributed by atoms with E-state index in [1.54, 1.807) is 48.5 Å². The molecule has 0 unspecified atom stereocenters. The van der Waals surface area contributed by atoms with E-state index in [9.17, 15) is 9.59 Å². The highest BCUT2D eigenvalue weighted by atomic mass is 35.5. The topological polar surface area (TPSA) is 61.4 Å². The first-order valence-electron chi connectivity index (χ1n) is 10.7. The molecule has 0 saturated heterocycles. The second-order valence-corrected chi connectivity index (χ2v) is 7.89. The standard InChI is InChI=1S/C26H28ClN3O2/c1-3-30(4-2)18-22-9-6-5-8-21(22)17-28-25(31)20-10-7-11-24(16-20)29-26(32)19-12-14-23(27)15-13-19/h5-16H,3-4,17-18H2,1-2H3,(H,28,31)(H,29,32). The zero-order valence-electron chi connectivity index (χ0n) is 18.4. The lowest BCUT2D eigenvalue weighted by atomic mass is 10.1. The molecular weight excluding hydrogens is 422 g/mol. The number of benzene rings is 3. The third-order valence-corrected chi connectivity index (χ3v) is 5.59. The summed E-state index contributed by atoms with van der Waals surface area (Å²) in [6.45, 7) is 7.54. The summed E-state index contributed by atoms with van der Waals surface area (Å²) in [6.07, 6.45) is 0. The van der Waals surface area contributed by atoms with Gasteiger partial charge in [0, 0.05) is 34.9 Å². The Morgan fingerprint density at radius 2 is 1.50 bits per heavy atom. The number of halogens is 1. The van der Waals surface area contributed by atoms with Crippen LogP contribution in [0.3, 0.4) is 0 Å². The largest absolute Gasteiger partial charge is 0.348 e. The van der Waals surface area contributed by atoms with Crippen molar-refractivity contribution in [2.45, 2.75) is 26.9 Å². The smallest absolute Gasteiger partial charge is 0.255 e. The van der Waals surface area contributed by atoms with Crippen molar-refractivity contribution in [1.82, 2.24) is 10.2 Å². The Labute approximate surface area is 194 Å². The molecule has 0 atom stereocenters. The maximum Gasteiger partial charge on any atom is 0.255 e. The Kier molecular flexibility index (Phi) is 8.42. The van der Waals surface area contributed by atoms with Gasteiger partial charge in [0.15, 0.2) is 0 Å². The van der Waals surface area contributed by atoms with Gasteiger partial charge in [-0.25, -0.2) is 0 Å². The van der Waals surface area contributed by atoms with E-state index in [2.05, 4.69) is 35.4 Å². The van der Waals surface area contributed by atoms with E-state index in [4.69, 9.17) is 11.6 Å². The van der Waals surface area contributed by atoms with Gasteiger partial charge in [-0.1, -0.05) is 55.8 Å². The van der Waals surface area contributed by atoms with Crippen molar-refractivity contribution in [3.8, 4) is 0 Å². The highest BCUT2D eigenvalue weighted by Gasteiger charge is 2.11. The molecule has 5 nitrogen and oxygen atoms in total. The molecule has 32 heavy (non-hydrogen) atoms. The van der Waals surface area contributed by atoms with Crippen LogP contribution in [-0.2, 0) is 13.1 Å². The van der Waals surface area contributed by atoms with E-state index in [0.29, 0.717) is 28.4 Å². The summed E-state index contributed by atoms with van der Waals surface area (Å²) in [4.78, 5) is 27.5. The Morgan fingerprint density at radius 3 is 2.19 bits per heavy atom. The fourth-order valence-electron chi connectivity index (χ4n) is 3.39. The van der Waals surface area contributed by atoms with Gasteiger partial charge in [0.1, 0.15) is 0 Å². The highest BCUT2D eigenvalue weighted by molar-refractivity contribution is 6.30. The van der Waals surface area contributed by atoms with Crippen LogP contribution in [0.15, 0.2) is 72.8 Å². The molecule has 2 amide bonds. The quantitative estimate of drug-likeness (QED) is 0.462. The monoisotopic (exact) mass is 449 g/mol. The molecule has 166 valence electrons. The fourth-order valence-corrected chi connectivity index (χ4v) is 3.52. The molecule has 0 aliphatic carbocycles. The second kappa shape index (κ2) is 11.5. The van der Waals surface area contributed by atoms with Crippen molar-refractivity contribution in [2.75, 3.05) is 18.4 Å². The lowest BCUT2D eigenvalue weighted by Gasteiger charge is -2.20. The summed E-state index contributed by atoms with van der Waals surface area (Å²) < 4.78 is 0. The van der Waals surface area contributed by atoms with Crippen LogP contribution in [0.25, 0.3) is 0 Å². The van der Waals surface area contributed by atoms with Gasteiger partial charge in [0.25, 0.3) is 11.8 Å². The SMILES string of the molecule is CCN(CC)Cc1ccccc1CNC(=O)c1cccc(NC(=O)c2ccc(Cl)cc2)c1. The van der Waals surface area contributed by atoms with Gasteiger partial charge in [-0.05, 0) is 66.7 Å². The van der Waals surface area contributed by atoms with Crippen molar-refractivity contribution in [1.29, 1.82) is 0 Å².